The Morgan fingerprint density at radius 3 is 2.70 bits per heavy atom. The van der Waals surface area contributed by atoms with Crippen LogP contribution in [0.1, 0.15) is 18.4 Å². The minimum atomic E-state index is 0. The lowest BCUT2D eigenvalue weighted by Crippen LogP contribution is -2.41. The number of carbonyl (C=O) groups excluding carboxylic acids is 1. The molecule has 0 saturated carbocycles. The second-order valence-electron chi connectivity index (χ2n) is 4.97. The lowest BCUT2D eigenvalue weighted by atomic mass is 10.1. The second kappa shape index (κ2) is 8.12. The zero-order chi connectivity index (χ0) is 13.7. The van der Waals surface area contributed by atoms with E-state index < -0.39 is 0 Å². The van der Waals surface area contributed by atoms with E-state index in [2.05, 4.69) is 5.32 Å². The lowest BCUT2D eigenvalue weighted by Gasteiger charge is -2.24. The summed E-state index contributed by atoms with van der Waals surface area (Å²) in [5, 5.41) is 3.16. The fourth-order valence-electron chi connectivity index (χ4n) is 2.63. The molecule has 1 aliphatic heterocycles. The van der Waals surface area contributed by atoms with Crippen LogP contribution in [0.15, 0.2) is 24.3 Å². The molecule has 1 amide bonds. The topological polar surface area (TPSA) is 41.6 Å². The van der Waals surface area contributed by atoms with Crippen molar-refractivity contribution in [3.05, 3.63) is 29.8 Å². The van der Waals surface area contributed by atoms with Gasteiger partial charge in [0.1, 0.15) is 5.75 Å². The van der Waals surface area contributed by atoms with E-state index in [1.807, 2.05) is 36.2 Å². The zero-order valence-corrected chi connectivity index (χ0v) is 12.9. The zero-order valence-electron chi connectivity index (χ0n) is 12.1. The lowest BCUT2D eigenvalue weighted by molar-refractivity contribution is -0.131. The van der Waals surface area contributed by atoms with Crippen LogP contribution in [-0.2, 0) is 11.2 Å². The molecule has 112 valence electrons. The molecule has 0 radical (unpaired) electrons. The molecule has 5 heteroatoms. The van der Waals surface area contributed by atoms with Crippen LogP contribution in [-0.4, -0.2) is 44.1 Å². The summed E-state index contributed by atoms with van der Waals surface area (Å²) in [5.41, 5.74) is 1.04. The van der Waals surface area contributed by atoms with Gasteiger partial charge in [0.25, 0.3) is 0 Å². The number of amides is 1. The number of nitrogens with one attached hydrogen (secondary N) is 1. The normalized spacial score (nSPS) is 17.7. The Kier molecular flexibility index (Phi) is 6.82. The highest BCUT2D eigenvalue weighted by Gasteiger charge is 2.27. The van der Waals surface area contributed by atoms with Gasteiger partial charge < -0.3 is 15.0 Å². The molecule has 1 unspecified atom stereocenters. The summed E-state index contributed by atoms with van der Waals surface area (Å²) in [7, 11) is 3.58. The molecule has 20 heavy (non-hydrogen) atoms. The first-order valence-corrected chi connectivity index (χ1v) is 6.81. The average molecular weight is 299 g/mol. The quantitative estimate of drug-likeness (QED) is 0.902. The molecule has 1 saturated heterocycles. The summed E-state index contributed by atoms with van der Waals surface area (Å²) >= 11 is 0. The van der Waals surface area contributed by atoms with Gasteiger partial charge in [-0.05, 0) is 37.6 Å². The SMILES string of the molecule is CNCC1CCCN1C(=O)Cc1ccc(OC)cc1.Cl. The Hall–Kier alpha value is -1.26. The number of likely N-dealkylation sites (N-methyl/N-ethyl adjacent to an activating group) is 1. The van der Waals surface area contributed by atoms with E-state index in [-0.39, 0.29) is 18.3 Å². The van der Waals surface area contributed by atoms with E-state index in [4.69, 9.17) is 4.74 Å². The molecule has 0 spiro atoms. The maximum absolute atomic E-state index is 12.3. The number of ether oxygens (including phenoxy) is 1. The number of hydrogen-bond donors (Lipinski definition) is 1. The van der Waals surface area contributed by atoms with Gasteiger partial charge in [0.2, 0.25) is 5.91 Å². The van der Waals surface area contributed by atoms with Crippen LogP contribution in [0.3, 0.4) is 0 Å². The number of likely N-dealkylation sites (tertiary alicyclic amines) is 1. The number of rotatable bonds is 5. The highest BCUT2D eigenvalue weighted by molar-refractivity contribution is 5.85. The van der Waals surface area contributed by atoms with Gasteiger partial charge in [-0.1, -0.05) is 12.1 Å². The number of halogens is 1. The molecular weight excluding hydrogens is 276 g/mol. The Morgan fingerprint density at radius 1 is 1.40 bits per heavy atom. The maximum Gasteiger partial charge on any atom is 0.227 e. The van der Waals surface area contributed by atoms with Gasteiger partial charge in [0, 0.05) is 19.1 Å². The van der Waals surface area contributed by atoms with Gasteiger partial charge >= 0.3 is 0 Å². The fraction of sp³-hybridized carbons (Fsp3) is 0.533. The Balaban J connectivity index is 0.00000200. The second-order valence-corrected chi connectivity index (χ2v) is 4.97. The summed E-state index contributed by atoms with van der Waals surface area (Å²) in [4.78, 5) is 14.3. The van der Waals surface area contributed by atoms with Gasteiger partial charge in [-0.25, -0.2) is 0 Å². The highest BCUT2D eigenvalue weighted by Crippen LogP contribution is 2.19. The Morgan fingerprint density at radius 2 is 2.10 bits per heavy atom. The molecule has 1 aromatic carbocycles. The summed E-state index contributed by atoms with van der Waals surface area (Å²) < 4.78 is 5.12. The summed E-state index contributed by atoms with van der Waals surface area (Å²) in [6, 6.07) is 8.07. The summed E-state index contributed by atoms with van der Waals surface area (Å²) in [5.74, 6) is 1.05. The van der Waals surface area contributed by atoms with E-state index in [1.54, 1.807) is 7.11 Å². The first-order chi connectivity index (χ1) is 9.24. The molecule has 4 nitrogen and oxygen atoms in total. The van der Waals surface area contributed by atoms with Crippen molar-refractivity contribution in [1.82, 2.24) is 10.2 Å². The number of nitrogens with zero attached hydrogens (tertiary/aromatic N) is 1. The number of hydrogen-bond acceptors (Lipinski definition) is 3. The molecule has 1 fully saturated rings. The van der Waals surface area contributed by atoms with Crippen molar-refractivity contribution in [2.75, 3.05) is 27.2 Å². The van der Waals surface area contributed by atoms with Crippen molar-refractivity contribution < 1.29 is 9.53 Å². The largest absolute Gasteiger partial charge is 0.497 e. The third kappa shape index (κ3) is 4.12. The van der Waals surface area contributed by atoms with E-state index in [9.17, 15) is 4.79 Å². The van der Waals surface area contributed by atoms with Gasteiger partial charge in [-0.3, -0.25) is 4.79 Å². The van der Waals surface area contributed by atoms with Crippen LogP contribution in [0.2, 0.25) is 0 Å². The monoisotopic (exact) mass is 298 g/mol. The predicted octanol–water partition coefficient (Wildman–Crippen LogP) is 1.87. The van der Waals surface area contributed by atoms with E-state index in [0.29, 0.717) is 12.5 Å². The molecule has 1 aliphatic rings. The van der Waals surface area contributed by atoms with Crippen LogP contribution >= 0.6 is 12.4 Å². The Bertz CT molecular complexity index is 422. The van der Waals surface area contributed by atoms with E-state index >= 15 is 0 Å². The fourth-order valence-corrected chi connectivity index (χ4v) is 2.63. The van der Waals surface area contributed by atoms with Gasteiger partial charge in [-0.15, -0.1) is 12.4 Å². The van der Waals surface area contributed by atoms with Crippen LogP contribution in [0, 0.1) is 0 Å². The maximum atomic E-state index is 12.3. The van der Waals surface area contributed by atoms with E-state index in [0.717, 1.165) is 37.2 Å². The third-order valence-corrected chi connectivity index (χ3v) is 3.65. The van der Waals surface area contributed by atoms with Gasteiger partial charge in [0.05, 0.1) is 13.5 Å². The molecule has 1 heterocycles. The minimum Gasteiger partial charge on any atom is -0.497 e. The average Bonchev–Trinajstić information content (AvgIpc) is 2.88. The first-order valence-electron chi connectivity index (χ1n) is 6.81. The number of methoxy groups -OCH3 is 1. The van der Waals surface area contributed by atoms with Crippen molar-refractivity contribution in [2.45, 2.75) is 25.3 Å². The minimum absolute atomic E-state index is 0. The van der Waals surface area contributed by atoms with Gasteiger partial charge in [0.15, 0.2) is 0 Å². The van der Waals surface area contributed by atoms with Gasteiger partial charge in [-0.2, -0.15) is 0 Å². The number of carbonyl (C=O) groups is 1. The molecular formula is C15H23ClN2O2. The van der Waals surface area contributed by atoms with Crippen LogP contribution in [0.25, 0.3) is 0 Å². The van der Waals surface area contributed by atoms with Crippen molar-refractivity contribution in [1.29, 1.82) is 0 Å². The third-order valence-electron chi connectivity index (χ3n) is 3.65. The summed E-state index contributed by atoms with van der Waals surface area (Å²) in [6.45, 7) is 1.77. The standard InChI is InChI=1S/C15H22N2O2.ClH/c1-16-11-13-4-3-9-17(13)15(18)10-12-5-7-14(19-2)8-6-12;/h5-8,13,16H,3-4,9-11H2,1-2H3;1H. The smallest absolute Gasteiger partial charge is 0.227 e. The van der Waals surface area contributed by atoms with Crippen molar-refractivity contribution in [3.8, 4) is 5.75 Å². The van der Waals surface area contributed by atoms with Crippen LogP contribution in [0.4, 0.5) is 0 Å². The Labute approximate surface area is 126 Å². The van der Waals surface area contributed by atoms with Crippen molar-refractivity contribution in [2.24, 2.45) is 0 Å². The molecule has 1 aromatic rings. The predicted molar refractivity (Wildman–Crippen MR) is 82.6 cm³/mol. The molecule has 0 aliphatic carbocycles. The van der Waals surface area contributed by atoms with E-state index in [1.165, 1.54) is 0 Å². The first kappa shape index (κ1) is 16.8. The van der Waals surface area contributed by atoms with Crippen LogP contribution in [0.5, 0.6) is 5.75 Å². The van der Waals surface area contributed by atoms with Crippen molar-refractivity contribution >= 4 is 18.3 Å². The highest BCUT2D eigenvalue weighted by atomic mass is 35.5. The molecule has 1 N–H and O–H groups in total. The molecule has 1 atom stereocenters. The van der Waals surface area contributed by atoms with Crippen LogP contribution < -0.4 is 10.1 Å². The summed E-state index contributed by atoms with van der Waals surface area (Å²) in [6.07, 6.45) is 2.69. The molecule has 2 rings (SSSR count). The molecule has 0 bridgehead atoms. The number of benzene rings is 1. The molecule has 0 aromatic heterocycles. The van der Waals surface area contributed by atoms with Crippen molar-refractivity contribution in [3.63, 3.8) is 0 Å².